The molecule has 0 aliphatic rings. The minimum Gasteiger partial charge on any atom is -0.316 e. The normalized spacial score (nSPS) is 13.4. The average Bonchev–Trinajstić information content (AvgIpc) is 2.74. The Kier molecular flexibility index (Phi) is 4.02. The Labute approximate surface area is 109 Å². The number of nitrogens with zero attached hydrogens (tertiary/aromatic N) is 2. The van der Waals surface area contributed by atoms with E-state index in [9.17, 15) is 0 Å². The van der Waals surface area contributed by atoms with Gasteiger partial charge in [-0.3, -0.25) is 4.68 Å². The third kappa shape index (κ3) is 2.41. The van der Waals surface area contributed by atoms with Gasteiger partial charge in [0, 0.05) is 24.4 Å². The second kappa shape index (κ2) is 5.53. The van der Waals surface area contributed by atoms with Crippen molar-refractivity contribution in [1.82, 2.24) is 15.1 Å². The number of rotatable bonds is 5. The minimum atomic E-state index is 0.480. The van der Waals surface area contributed by atoms with E-state index in [0.717, 1.165) is 13.0 Å². The first-order valence-corrected chi connectivity index (χ1v) is 6.79. The highest BCUT2D eigenvalue weighted by Crippen LogP contribution is 2.21. The van der Waals surface area contributed by atoms with Crippen molar-refractivity contribution in [3.05, 3.63) is 30.0 Å². The van der Waals surface area contributed by atoms with E-state index in [-0.39, 0.29) is 0 Å². The molecule has 0 fully saturated rings. The van der Waals surface area contributed by atoms with Crippen molar-refractivity contribution in [3.63, 3.8) is 0 Å². The molecule has 3 heteroatoms. The Balaban J connectivity index is 2.39. The van der Waals surface area contributed by atoms with Crippen LogP contribution in [-0.4, -0.2) is 22.9 Å². The molecule has 3 nitrogen and oxygen atoms in total. The van der Waals surface area contributed by atoms with Gasteiger partial charge in [0.2, 0.25) is 0 Å². The highest BCUT2D eigenvalue weighted by molar-refractivity contribution is 5.82. The van der Waals surface area contributed by atoms with E-state index in [0.29, 0.717) is 12.0 Å². The molecule has 0 aliphatic heterocycles. The van der Waals surface area contributed by atoms with E-state index in [1.807, 2.05) is 7.05 Å². The summed E-state index contributed by atoms with van der Waals surface area (Å²) in [6, 6.07) is 8.99. The molecule has 1 aromatic carbocycles. The predicted molar refractivity (Wildman–Crippen MR) is 76.8 cm³/mol. The molecule has 1 unspecified atom stereocenters. The van der Waals surface area contributed by atoms with Crippen LogP contribution in [0.2, 0.25) is 0 Å². The first-order valence-electron chi connectivity index (χ1n) is 6.79. The van der Waals surface area contributed by atoms with Crippen LogP contribution in [0.25, 0.3) is 10.9 Å². The van der Waals surface area contributed by atoms with Crippen LogP contribution in [0.15, 0.2) is 24.3 Å². The molecule has 1 heterocycles. The third-order valence-corrected chi connectivity index (χ3v) is 3.62. The molecule has 0 aliphatic carbocycles. The smallest absolute Gasteiger partial charge is 0.0718 e. The van der Waals surface area contributed by atoms with E-state index in [1.54, 1.807) is 0 Å². The Morgan fingerprint density at radius 3 is 2.61 bits per heavy atom. The minimum absolute atomic E-state index is 0.480. The van der Waals surface area contributed by atoms with Gasteiger partial charge in [-0.05, 0) is 26.0 Å². The lowest BCUT2D eigenvalue weighted by atomic mass is 9.98. The number of fused-ring (bicyclic) bond motifs is 1. The molecule has 1 aromatic heterocycles. The molecule has 0 spiro atoms. The lowest BCUT2D eigenvalue weighted by Crippen LogP contribution is -2.32. The van der Waals surface area contributed by atoms with Crippen molar-refractivity contribution in [2.75, 3.05) is 7.05 Å². The molecule has 2 aromatic rings. The molecule has 0 saturated heterocycles. The molecular weight excluding hydrogens is 222 g/mol. The summed E-state index contributed by atoms with van der Waals surface area (Å²) in [5, 5.41) is 9.44. The summed E-state index contributed by atoms with van der Waals surface area (Å²) in [4.78, 5) is 0. The summed E-state index contributed by atoms with van der Waals surface area (Å²) >= 11 is 0. The molecule has 98 valence electrons. The van der Waals surface area contributed by atoms with E-state index in [4.69, 9.17) is 5.10 Å². The van der Waals surface area contributed by atoms with Crippen LogP contribution in [-0.2, 0) is 13.0 Å². The number of para-hydroxylation sites is 1. The van der Waals surface area contributed by atoms with E-state index < -0.39 is 0 Å². The molecule has 0 saturated carbocycles. The molecule has 1 N–H and O–H groups in total. The summed E-state index contributed by atoms with van der Waals surface area (Å²) in [5.74, 6) is 0.612. The quantitative estimate of drug-likeness (QED) is 0.878. The van der Waals surface area contributed by atoms with Crippen LogP contribution in [0.5, 0.6) is 0 Å². The largest absolute Gasteiger partial charge is 0.316 e. The van der Waals surface area contributed by atoms with Crippen LogP contribution in [0, 0.1) is 5.92 Å². The first kappa shape index (κ1) is 13.1. The van der Waals surface area contributed by atoms with Gasteiger partial charge in [-0.25, -0.2) is 0 Å². The van der Waals surface area contributed by atoms with Crippen molar-refractivity contribution in [3.8, 4) is 0 Å². The monoisotopic (exact) mass is 245 g/mol. The van der Waals surface area contributed by atoms with E-state index >= 15 is 0 Å². The highest BCUT2D eigenvalue weighted by atomic mass is 15.3. The van der Waals surface area contributed by atoms with Gasteiger partial charge in [0.05, 0.1) is 11.2 Å². The number of nitrogens with one attached hydrogen (secondary N) is 1. The maximum absolute atomic E-state index is 4.75. The summed E-state index contributed by atoms with van der Waals surface area (Å²) in [5.41, 5.74) is 2.45. The topological polar surface area (TPSA) is 29.9 Å². The molecule has 18 heavy (non-hydrogen) atoms. The van der Waals surface area contributed by atoms with Crippen molar-refractivity contribution in [1.29, 1.82) is 0 Å². The Morgan fingerprint density at radius 2 is 2.00 bits per heavy atom. The van der Waals surface area contributed by atoms with Gasteiger partial charge in [-0.2, -0.15) is 5.10 Å². The van der Waals surface area contributed by atoms with Crippen LogP contribution in [0.4, 0.5) is 0 Å². The van der Waals surface area contributed by atoms with Gasteiger partial charge in [0.1, 0.15) is 0 Å². The molecular formula is C15H23N3. The van der Waals surface area contributed by atoms with Gasteiger partial charge in [-0.1, -0.05) is 32.0 Å². The molecule has 1 atom stereocenters. The molecule has 0 radical (unpaired) electrons. The summed E-state index contributed by atoms with van der Waals surface area (Å²) in [6.07, 6.45) is 0.988. The molecule has 0 bridgehead atoms. The van der Waals surface area contributed by atoms with Crippen molar-refractivity contribution < 1.29 is 0 Å². The Hall–Kier alpha value is -1.35. The number of aromatic nitrogens is 2. The number of hydrogen-bond acceptors (Lipinski definition) is 2. The maximum atomic E-state index is 4.75. The van der Waals surface area contributed by atoms with Gasteiger partial charge < -0.3 is 5.32 Å². The summed E-state index contributed by atoms with van der Waals surface area (Å²) < 4.78 is 2.09. The van der Waals surface area contributed by atoms with E-state index in [2.05, 4.69) is 55.0 Å². The summed E-state index contributed by atoms with van der Waals surface area (Å²) in [7, 11) is 2.03. The fourth-order valence-electron chi connectivity index (χ4n) is 2.47. The van der Waals surface area contributed by atoms with Crippen molar-refractivity contribution in [2.45, 2.75) is 39.8 Å². The zero-order chi connectivity index (χ0) is 13.1. The summed E-state index contributed by atoms with van der Waals surface area (Å²) in [6.45, 7) is 7.56. The van der Waals surface area contributed by atoms with Crippen LogP contribution in [0.1, 0.15) is 26.5 Å². The molecule has 0 amide bonds. The number of aryl methyl sites for hydroxylation is 1. The number of likely N-dealkylation sites (N-methyl/N-ethyl adjacent to an activating group) is 1. The van der Waals surface area contributed by atoms with Crippen molar-refractivity contribution in [2.24, 2.45) is 5.92 Å². The Bertz CT molecular complexity index is 513. The average molecular weight is 245 g/mol. The fraction of sp³-hybridized carbons (Fsp3) is 0.533. The zero-order valence-corrected chi connectivity index (χ0v) is 11.8. The van der Waals surface area contributed by atoms with E-state index in [1.165, 1.54) is 16.6 Å². The highest BCUT2D eigenvalue weighted by Gasteiger charge is 2.16. The van der Waals surface area contributed by atoms with Gasteiger partial charge in [0.25, 0.3) is 0 Å². The zero-order valence-electron chi connectivity index (χ0n) is 11.8. The lowest BCUT2D eigenvalue weighted by Gasteiger charge is -2.19. The lowest BCUT2D eigenvalue weighted by molar-refractivity contribution is 0.420. The predicted octanol–water partition coefficient (Wildman–Crippen LogP) is 2.84. The Morgan fingerprint density at radius 1 is 1.28 bits per heavy atom. The number of benzene rings is 1. The standard InChI is InChI=1S/C15H23N3/c1-5-18-15-9-7-6-8-12(15)14(17-18)10-13(16-4)11(2)3/h6-9,11,13,16H,5,10H2,1-4H3. The first-order chi connectivity index (χ1) is 8.67. The third-order valence-electron chi connectivity index (χ3n) is 3.62. The van der Waals surface area contributed by atoms with Gasteiger partial charge in [0.15, 0.2) is 0 Å². The maximum Gasteiger partial charge on any atom is 0.0718 e. The van der Waals surface area contributed by atoms with Crippen LogP contribution in [0.3, 0.4) is 0 Å². The van der Waals surface area contributed by atoms with Crippen LogP contribution >= 0.6 is 0 Å². The fourth-order valence-corrected chi connectivity index (χ4v) is 2.47. The second-order valence-electron chi connectivity index (χ2n) is 5.12. The van der Waals surface area contributed by atoms with Gasteiger partial charge >= 0.3 is 0 Å². The van der Waals surface area contributed by atoms with Gasteiger partial charge in [-0.15, -0.1) is 0 Å². The molecule has 2 rings (SSSR count). The SMILES string of the molecule is CCn1nc(CC(NC)C(C)C)c2ccccc21. The van der Waals surface area contributed by atoms with Crippen LogP contribution < -0.4 is 5.32 Å². The second-order valence-corrected chi connectivity index (χ2v) is 5.12. The number of hydrogen-bond donors (Lipinski definition) is 1. The van der Waals surface area contributed by atoms with Crippen molar-refractivity contribution >= 4 is 10.9 Å².